The van der Waals surface area contributed by atoms with Gasteiger partial charge in [-0.2, -0.15) is 0 Å². The Bertz CT molecular complexity index is 520. The third-order valence-electron chi connectivity index (χ3n) is 4.31. The quantitative estimate of drug-likeness (QED) is 0.630. The highest BCUT2D eigenvalue weighted by molar-refractivity contribution is 5.78. The fourth-order valence-corrected chi connectivity index (χ4v) is 3.04. The molecule has 1 aliphatic carbocycles. The van der Waals surface area contributed by atoms with Crippen molar-refractivity contribution < 1.29 is 19.0 Å². The van der Waals surface area contributed by atoms with E-state index in [4.69, 9.17) is 14.2 Å². The van der Waals surface area contributed by atoms with Crippen molar-refractivity contribution in [1.82, 2.24) is 0 Å². The molecular weight excluding hydrogens is 268 g/mol. The molecule has 0 aromatic heterocycles. The number of carbonyl (C=O) groups is 1. The topological polar surface area (TPSA) is 48.1 Å². The Labute approximate surface area is 125 Å². The summed E-state index contributed by atoms with van der Waals surface area (Å²) in [5, 5.41) is 0. The smallest absolute Gasteiger partial charge is 0.338 e. The molecule has 2 atom stereocenters. The molecule has 0 radical (unpaired) electrons. The molecule has 2 aliphatic rings. The van der Waals surface area contributed by atoms with Crippen LogP contribution in [0.15, 0.2) is 18.2 Å². The lowest BCUT2D eigenvalue weighted by atomic mass is 9.98. The van der Waals surface area contributed by atoms with Crippen LogP contribution < -0.4 is 4.74 Å². The first-order valence-corrected chi connectivity index (χ1v) is 7.69. The van der Waals surface area contributed by atoms with Crippen molar-refractivity contribution in [2.45, 2.75) is 57.3 Å². The molecule has 3 rings (SSSR count). The minimum Gasteiger partial charge on any atom is -0.496 e. The molecule has 0 spiro atoms. The van der Waals surface area contributed by atoms with Gasteiger partial charge in [-0.05, 0) is 55.9 Å². The van der Waals surface area contributed by atoms with Gasteiger partial charge in [0.2, 0.25) is 0 Å². The van der Waals surface area contributed by atoms with E-state index < -0.39 is 6.10 Å². The second-order valence-electron chi connectivity index (χ2n) is 5.90. The first-order valence-electron chi connectivity index (χ1n) is 7.69. The first-order chi connectivity index (χ1) is 10.2. The van der Waals surface area contributed by atoms with E-state index >= 15 is 0 Å². The highest BCUT2D eigenvalue weighted by Gasteiger charge is 2.48. The van der Waals surface area contributed by atoms with Crippen LogP contribution in [0.1, 0.15) is 49.3 Å². The van der Waals surface area contributed by atoms with Crippen molar-refractivity contribution in [3.05, 3.63) is 29.3 Å². The number of methoxy groups -OCH3 is 1. The summed E-state index contributed by atoms with van der Waals surface area (Å²) in [6, 6.07) is 5.87. The van der Waals surface area contributed by atoms with E-state index in [0.29, 0.717) is 0 Å². The highest BCUT2D eigenvalue weighted by atomic mass is 16.6. The van der Waals surface area contributed by atoms with E-state index in [2.05, 4.69) is 0 Å². The molecule has 4 heteroatoms. The average Bonchev–Trinajstić information content (AvgIpc) is 3.29. The summed E-state index contributed by atoms with van der Waals surface area (Å²) in [6.45, 7) is 1.99. The number of esters is 1. The number of aryl methyl sites for hydroxylation is 1. The van der Waals surface area contributed by atoms with E-state index in [9.17, 15) is 4.79 Å². The molecule has 1 saturated heterocycles. The van der Waals surface area contributed by atoms with E-state index in [0.717, 1.165) is 42.6 Å². The predicted octanol–water partition coefficient (Wildman–Crippen LogP) is 3.32. The summed E-state index contributed by atoms with van der Waals surface area (Å²) in [4.78, 5) is 12.1. The predicted molar refractivity (Wildman–Crippen MR) is 78.3 cm³/mol. The first kappa shape index (κ1) is 14.4. The molecule has 0 bridgehead atoms. The van der Waals surface area contributed by atoms with Gasteiger partial charge in [0, 0.05) is 0 Å². The van der Waals surface area contributed by atoms with Gasteiger partial charge < -0.3 is 14.2 Å². The highest BCUT2D eigenvalue weighted by Crippen LogP contribution is 2.41. The van der Waals surface area contributed by atoms with E-state index in [-0.39, 0.29) is 18.2 Å². The molecule has 0 N–H and O–H groups in total. The van der Waals surface area contributed by atoms with Crippen LogP contribution in [-0.2, 0) is 14.3 Å². The van der Waals surface area contributed by atoms with E-state index in [1.807, 2.05) is 25.1 Å². The van der Waals surface area contributed by atoms with Gasteiger partial charge in [-0.3, -0.25) is 0 Å². The summed E-state index contributed by atoms with van der Waals surface area (Å²) in [7, 11) is 1.65. The minimum absolute atomic E-state index is 0.0914. The van der Waals surface area contributed by atoms with Crippen molar-refractivity contribution in [2.24, 2.45) is 0 Å². The second-order valence-corrected chi connectivity index (χ2v) is 5.90. The zero-order chi connectivity index (χ0) is 14.8. The monoisotopic (exact) mass is 290 g/mol. The summed E-state index contributed by atoms with van der Waals surface area (Å²) in [6.07, 6.45) is 5.05. The molecule has 1 saturated carbocycles. The Balaban J connectivity index is 1.57. The maximum Gasteiger partial charge on any atom is 0.338 e. The Morgan fingerprint density at radius 1 is 1.24 bits per heavy atom. The SMILES string of the molecule is COc1ccc(C2OC2C(=O)OC2CCCCC2)cc1C. The minimum atomic E-state index is -0.431. The van der Waals surface area contributed by atoms with Crippen molar-refractivity contribution in [3.8, 4) is 5.75 Å². The van der Waals surface area contributed by atoms with Gasteiger partial charge in [0.25, 0.3) is 0 Å². The standard InChI is InChI=1S/C17H22O4/c1-11-10-12(8-9-14(11)19-2)15-16(21-15)17(18)20-13-6-4-3-5-7-13/h8-10,13,15-16H,3-7H2,1-2H3. The van der Waals surface area contributed by atoms with Gasteiger partial charge in [0.1, 0.15) is 18.0 Å². The Morgan fingerprint density at radius 3 is 2.67 bits per heavy atom. The van der Waals surface area contributed by atoms with Crippen LogP contribution in [0, 0.1) is 6.92 Å². The second kappa shape index (κ2) is 6.06. The number of epoxide rings is 1. The Kier molecular flexibility index (Phi) is 4.15. The normalized spacial score (nSPS) is 25.4. The molecule has 4 nitrogen and oxygen atoms in total. The van der Waals surface area contributed by atoms with Crippen LogP contribution in [0.25, 0.3) is 0 Å². The molecule has 21 heavy (non-hydrogen) atoms. The van der Waals surface area contributed by atoms with Gasteiger partial charge in [0.05, 0.1) is 7.11 Å². The Morgan fingerprint density at radius 2 is 2.00 bits per heavy atom. The maximum atomic E-state index is 12.1. The van der Waals surface area contributed by atoms with Crippen LogP contribution >= 0.6 is 0 Å². The van der Waals surface area contributed by atoms with E-state index in [1.54, 1.807) is 7.11 Å². The van der Waals surface area contributed by atoms with Gasteiger partial charge in [-0.1, -0.05) is 12.5 Å². The molecule has 114 valence electrons. The van der Waals surface area contributed by atoms with Gasteiger partial charge in [-0.25, -0.2) is 4.79 Å². The number of benzene rings is 1. The number of rotatable bonds is 4. The molecule has 1 aromatic carbocycles. The molecule has 2 unspecified atom stereocenters. The maximum absolute atomic E-state index is 12.1. The zero-order valence-corrected chi connectivity index (χ0v) is 12.6. The van der Waals surface area contributed by atoms with E-state index in [1.165, 1.54) is 6.42 Å². The lowest BCUT2D eigenvalue weighted by Crippen LogP contribution is -2.23. The summed E-state index contributed by atoms with van der Waals surface area (Å²) >= 11 is 0. The van der Waals surface area contributed by atoms with Crippen LogP contribution in [0.3, 0.4) is 0 Å². The van der Waals surface area contributed by atoms with Crippen molar-refractivity contribution in [3.63, 3.8) is 0 Å². The summed E-state index contributed by atoms with van der Waals surface area (Å²) < 4.78 is 16.3. The number of hydrogen-bond acceptors (Lipinski definition) is 4. The number of carbonyl (C=O) groups excluding carboxylic acids is 1. The lowest BCUT2D eigenvalue weighted by Gasteiger charge is -2.21. The summed E-state index contributed by atoms with van der Waals surface area (Å²) in [5.74, 6) is 0.640. The summed E-state index contributed by atoms with van der Waals surface area (Å²) in [5.41, 5.74) is 2.06. The average molecular weight is 290 g/mol. The third-order valence-corrected chi connectivity index (χ3v) is 4.31. The Hall–Kier alpha value is -1.55. The van der Waals surface area contributed by atoms with Crippen LogP contribution in [0.2, 0.25) is 0 Å². The van der Waals surface area contributed by atoms with Gasteiger partial charge in [-0.15, -0.1) is 0 Å². The zero-order valence-electron chi connectivity index (χ0n) is 12.6. The van der Waals surface area contributed by atoms with Crippen molar-refractivity contribution in [2.75, 3.05) is 7.11 Å². The fourth-order valence-electron chi connectivity index (χ4n) is 3.04. The molecule has 0 amide bonds. The molecular formula is C17H22O4. The molecule has 1 heterocycles. The van der Waals surface area contributed by atoms with Crippen molar-refractivity contribution >= 4 is 5.97 Å². The lowest BCUT2D eigenvalue weighted by molar-refractivity contribution is -0.152. The van der Waals surface area contributed by atoms with Crippen LogP contribution in [0.4, 0.5) is 0 Å². The van der Waals surface area contributed by atoms with Crippen LogP contribution in [0.5, 0.6) is 5.75 Å². The molecule has 1 aromatic rings. The molecule has 2 fully saturated rings. The van der Waals surface area contributed by atoms with Gasteiger partial charge in [0.15, 0.2) is 6.10 Å². The van der Waals surface area contributed by atoms with Crippen molar-refractivity contribution in [1.29, 1.82) is 0 Å². The fraction of sp³-hybridized carbons (Fsp3) is 0.588. The molecule has 1 aliphatic heterocycles. The third kappa shape index (κ3) is 3.21. The number of hydrogen-bond donors (Lipinski definition) is 0. The largest absolute Gasteiger partial charge is 0.496 e. The van der Waals surface area contributed by atoms with Crippen LogP contribution in [-0.4, -0.2) is 25.3 Å². The number of ether oxygens (including phenoxy) is 3. The van der Waals surface area contributed by atoms with Gasteiger partial charge >= 0.3 is 5.97 Å².